The van der Waals surface area contributed by atoms with Crippen LogP contribution in [0.1, 0.15) is 11.3 Å². The Balaban J connectivity index is 3.26. The monoisotopic (exact) mass is 246 g/mol. The molecule has 0 bridgehead atoms. The van der Waals surface area contributed by atoms with E-state index in [0.717, 1.165) is 6.20 Å². The minimum Gasteiger partial charge on any atom is -0.403 e. The maximum Gasteiger partial charge on any atom is 0.573 e. The lowest BCUT2D eigenvalue weighted by molar-refractivity contribution is -0.274. The van der Waals surface area contributed by atoms with Crippen LogP contribution in [0.15, 0.2) is 6.20 Å². The number of anilines is 1. The van der Waals surface area contributed by atoms with Crippen LogP contribution in [0, 0.1) is 11.3 Å². The molecule has 0 spiro atoms. The van der Waals surface area contributed by atoms with E-state index >= 15 is 0 Å². The van der Waals surface area contributed by atoms with Gasteiger partial charge in [0.15, 0.2) is 5.75 Å². The van der Waals surface area contributed by atoms with Crippen LogP contribution in [0.3, 0.4) is 0 Å². The van der Waals surface area contributed by atoms with Gasteiger partial charge in [-0.25, -0.2) is 0 Å². The van der Waals surface area contributed by atoms with Crippen molar-refractivity contribution in [2.75, 3.05) is 5.73 Å². The molecule has 0 fully saturated rings. The molecule has 1 aromatic heterocycles. The van der Waals surface area contributed by atoms with Crippen molar-refractivity contribution in [2.24, 2.45) is 5.73 Å². The summed E-state index contributed by atoms with van der Waals surface area (Å²) >= 11 is 0. The third kappa shape index (κ3) is 3.22. The van der Waals surface area contributed by atoms with Gasteiger partial charge in [-0.3, -0.25) is 4.98 Å². The zero-order chi connectivity index (χ0) is 13.1. The minimum absolute atomic E-state index is 0.0103. The van der Waals surface area contributed by atoms with E-state index in [4.69, 9.17) is 16.7 Å². The topological polar surface area (TPSA) is 98.0 Å². The summed E-state index contributed by atoms with van der Waals surface area (Å²) in [7, 11) is 0. The van der Waals surface area contributed by atoms with E-state index in [1.165, 1.54) is 0 Å². The number of hydrogen-bond donors (Lipinski definition) is 2. The fourth-order valence-electron chi connectivity index (χ4n) is 1.26. The second-order valence-corrected chi connectivity index (χ2v) is 3.05. The second kappa shape index (κ2) is 4.88. The lowest BCUT2D eigenvalue weighted by Crippen LogP contribution is -2.21. The summed E-state index contributed by atoms with van der Waals surface area (Å²) in [6, 6.07) is 1.77. The lowest BCUT2D eigenvalue weighted by Gasteiger charge is -2.16. The fourth-order valence-corrected chi connectivity index (χ4v) is 1.26. The molecule has 0 unspecified atom stereocenters. The molecule has 17 heavy (non-hydrogen) atoms. The Labute approximate surface area is 94.8 Å². The molecule has 92 valence electrons. The van der Waals surface area contributed by atoms with Crippen molar-refractivity contribution in [3.63, 3.8) is 0 Å². The first-order valence-electron chi connectivity index (χ1n) is 4.48. The van der Waals surface area contributed by atoms with Gasteiger partial charge in [-0.1, -0.05) is 0 Å². The van der Waals surface area contributed by atoms with Gasteiger partial charge in [-0.2, -0.15) is 5.26 Å². The molecule has 1 aromatic rings. The van der Waals surface area contributed by atoms with Crippen molar-refractivity contribution < 1.29 is 17.9 Å². The molecular weight excluding hydrogens is 237 g/mol. The number of halogens is 3. The van der Waals surface area contributed by atoms with Crippen LogP contribution in [-0.4, -0.2) is 11.3 Å². The number of pyridine rings is 1. The summed E-state index contributed by atoms with van der Waals surface area (Å²) in [5.74, 6) is -0.583. The average molecular weight is 246 g/mol. The Bertz CT molecular complexity index is 453. The number of aromatic nitrogens is 1. The van der Waals surface area contributed by atoms with E-state index in [2.05, 4.69) is 9.72 Å². The molecule has 1 heterocycles. The maximum absolute atomic E-state index is 12.2. The van der Waals surface area contributed by atoms with Crippen LogP contribution in [-0.2, 0) is 13.0 Å². The molecule has 0 aliphatic rings. The summed E-state index contributed by atoms with van der Waals surface area (Å²) in [6.45, 7) is -0.250. The predicted octanol–water partition coefficient (Wildman–Crippen LogP) is 1.09. The number of alkyl halides is 3. The molecule has 0 aliphatic heterocycles. The van der Waals surface area contributed by atoms with Gasteiger partial charge < -0.3 is 16.2 Å². The Hall–Kier alpha value is -2.01. The molecule has 4 N–H and O–H groups in total. The highest BCUT2D eigenvalue weighted by atomic mass is 19.4. The zero-order valence-electron chi connectivity index (χ0n) is 8.58. The maximum atomic E-state index is 12.2. The molecule has 0 amide bonds. The first-order chi connectivity index (χ1) is 7.89. The first kappa shape index (κ1) is 13.1. The van der Waals surface area contributed by atoms with E-state index in [9.17, 15) is 13.2 Å². The molecule has 1 rings (SSSR count). The Kier molecular flexibility index (Phi) is 3.75. The van der Waals surface area contributed by atoms with Crippen LogP contribution in [0.2, 0.25) is 0 Å². The largest absolute Gasteiger partial charge is 0.573 e. The number of hydrogen-bond acceptors (Lipinski definition) is 5. The van der Waals surface area contributed by atoms with Gasteiger partial charge in [0.2, 0.25) is 0 Å². The molecule has 5 nitrogen and oxygen atoms in total. The predicted molar refractivity (Wildman–Crippen MR) is 52.5 cm³/mol. The van der Waals surface area contributed by atoms with Gasteiger partial charge in [-0.15, -0.1) is 13.2 Å². The van der Waals surface area contributed by atoms with Gasteiger partial charge in [-0.05, 0) is 0 Å². The molecule has 0 atom stereocenters. The Morgan fingerprint density at radius 3 is 2.59 bits per heavy atom. The normalized spacial score (nSPS) is 11.0. The van der Waals surface area contributed by atoms with Gasteiger partial charge in [0.25, 0.3) is 0 Å². The van der Waals surface area contributed by atoms with Crippen LogP contribution >= 0.6 is 0 Å². The van der Waals surface area contributed by atoms with Crippen LogP contribution < -0.4 is 16.2 Å². The summed E-state index contributed by atoms with van der Waals surface area (Å²) in [5.41, 5.74) is 10.5. The van der Waals surface area contributed by atoms with Crippen LogP contribution in [0.25, 0.3) is 0 Å². The zero-order valence-corrected chi connectivity index (χ0v) is 8.58. The summed E-state index contributed by atoms with van der Waals surface area (Å²) in [5, 5.41) is 8.51. The summed E-state index contributed by atoms with van der Waals surface area (Å²) < 4.78 is 40.2. The van der Waals surface area contributed by atoms with Crippen LogP contribution in [0.4, 0.5) is 18.9 Å². The molecule has 8 heteroatoms. The molecule has 0 aromatic carbocycles. The molecule has 0 aliphatic carbocycles. The molecule has 0 saturated carbocycles. The minimum atomic E-state index is -4.87. The third-order valence-electron chi connectivity index (χ3n) is 1.91. The standard InChI is InChI=1S/C9H9F3N4O/c10-9(11,12)17-8-5(3-14)7(1-2-13)16-4-6(8)15/h4H,1,3,14-15H2. The van der Waals surface area contributed by atoms with Gasteiger partial charge in [0.1, 0.15) is 0 Å². The molecular formula is C9H9F3N4O. The molecule has 0 saturated heterocycles. The fraction of sp³-hybridized carbons (Fsp3) is 0.333. The van der Waals surface area contributed by atoms with Crippen molar-refractivity contribution in [1.29, 1.82) is 5.26 Å². The van der Waals surface area contributed by atoms with Crippen molar-refractivity contribution in [1.82, 2.24) is 4.98 Å². The number of rotatable bonds is 3. The van der Waals surface area contributed by atoms with Gasteiger partial charge in [0, 0.05) is 12.1 Å². The van der Waals surface area contributed by atoms with Crippen molar-refractivity contribution in [3.05, 3.63) is 17.5 Å². The lowest BCUT2D eigenvalue weighted by atomic mass is 10.1. The summed E-state index contributed by atoms with van der Waals surface area (Å²) in [6.07, 6.45) is -4.03. The van der Waals surface area contributed by atoms with E-state index in [-0.39, 0.29) is 29.9 Å². The SMILES string of the molecule is N#CCc1ncc(N)c(OC(F)(F)F)c1CN. The smallest absolute Gasteiger partial charge is 0.403 e. The highest BCUT2D eigenvalue weighted by Crippen LogP contribution is 2.32. The number of ether oxygens (including phenoxy) is 1. The van der Waals surface area contributed by atoms with E-state index in [1.807, 2.05) is 0 Å². The van der Waals surface area contributed by atoms with E-state index < -0.39 is 12.1 Å². The van der Waals surface area contributed by atoms with E-state index in [0.29, 0.717) is 0 Å². The van der Waals surface area contributed by atoms with Crippen molar-refractivity contribution >= 4 is 5.69 Å². The highest BCUT2D eigenvalue weighted by Gasteiger charge is 2.33. The highest BCUT2D eigenvalue weighted by molar-refractivity contribution is 5.57. The van der Waals surface area contributed by atoms with Gasteiger partial charge >= 0.3 is 6.36 Å². The summed E-state index contributed by atoms with van der Waals surface area (Å²) in [4.78, 5) is 3.75. The Morgan fingerprint density at radius 1 is 1.47 bits per heavy atom. The quantitative estimate of drug-likeness (QED) is 0.831. The second-order valence-electron chi connectivity index (χ2n) is 3.05. The van der Waals surface area contributed by atoms with Crippen molar-refractivity contribution in [2.45, 2.75) is 19.3 Å². The number of nitrogens with zero attached hydrogens (tertiary/aromatic N) is 2. The number of nitrogens with two attached hydrogens (primary N) is 2. The number of nitriles is 1. The molecule has 0 radical (unpaired) electrons. The third-order valence-corrected chi connectivity index (χ3v) is 1.91. The first-order valence-corrected chi connectivity index (χ1v) is 4.48. The average Bonchev–Trinajstić information content (AvgIpc) is 2.22. The van der Waals surface area contributed by atoms with Gasteiger partial charge in [0.05, 0.1) is 30.1 Å². The van der Waals surface area contributed by atoms with Crippen molar-refractivity contribution in [3.8, 4) is 11.8 Å². The van der Waals surface area contributed by atoms with E-state index in [1.54, 1.807) is 6.07 Å². The van der Waals surface area contributed by atoms with Crippen LogP contribution in [0.5, 0.6) is 5.75 Å². The Morgan fingerprint density at radius 2 is 2.12 bits per heavy atom. The number of nitrogen functional groups attached to an aromatic ring is 1.